The molecule has 0 aromatic carbocycles. The summed E-state index contributed by atoms with van der Waals surface area (Å²) in [6.45, 7) is 2.40. The van der Waals surface area contributed by atoms with E-state index in [1.807, 2.05) is 6.92 Å². The molecule has 0 heterocycles. The Morgan fingerprint density at radius 2 is 2.25 bits per heavy atom. The summed E-state index contributed by atoms with van der Waals surface area (Å²) in [5.41, 5.74) is 5.11. The van der Waals surface area contributed by atoms with Gasteiger partial charge in [-0.15, -0.1) is 28.7 Å². The van der Waals surface area contributed by atoms with Gasteiger partial charge in [-0.1, -0.05) is 6.92 Å². The molecule has 0 atom stereocenters. The largest absolute Gasteiger partial charge is 0.325 e. The number of hydrogen-bond acceptors (Lipinski definition) is 3. The van der Waals surface area contributed by atoms with E-state index in [1.165, 1.54) is 11.8 Å². The Bertz CT molecular complexity index is 67.1. The Labute approximate surface area is 64.5 Å². The molecule has 0 bridgehead atoms. The summed E-state index contributed by atoms with van der Waals surface area (Å²) >= 11 is 1.49. The quantitative estimate of drug-likeness (QED) is 0.519. The van der Waals surface area contributed by atoms with Gasteiger partial charge >= 0.3 is 0 Å². The van der Waals surface area contributed by atoms with Crippen molar-refractivity contribution in [1.82, 2.24) is 0 Å². The Morgan fingerprint density at radius 3 is 2.38 bits per heavy atom. The molecule has 2 nitrogen and oxygen atoms in total. The second-order valence-corrected chi connectivity index (χ2v) is 2.42. The second kappa shape index (κ2) is 7.46. The number of nitrogens with one attached hydrogen (secondary N) is 1. The lowest BCUT2D eigenvalue weighted by Crippen LogP contribution is -2.08. The lowest BCUT2D eigenvalue weighted by atomic mass is 10.8. The zero-order valence-corrected chi connectivity index (χ0v) is 7.34. The van der Waals surface area contributed by atoms with Gasteiger partial charge in [0.15, 0.2) is 0 Å². The molecule has 0 aliphatic heterocycles. The van der Waals surface area contributed by atoms with Crippen LogP contribution >= 0.6 is 28.7 Å². The minimum Gasteiger partial charge on any atom is -0.325 e. The highest BCUT2D eigenvalue weighted by molar-refractivity contribution is 8.93. The first-order valence-corrected chi connectivity index (χ1v) is 3.20. The van der Waals surface area contributed by atoms with Crippen molar-refractivity contribution in [2.45, 2.75) is 6.92 Å². The molecule has 0 radical (unpaired) electrons. The minimum atomic E-state index is 0. The number of halogens is 1. The minimum absolute atomic E-state index is 0. The van der Waals surface area contributed by atoms with Gasteiger partial charge in [0.1, 0.15) is 0 Å². The average Bonchev–Trinajstić information content (AvgIpc) is 1.68. The third-order valence-corrected chi connectivity index (χ3v) is 1.31. The topological polar surface area (TPSA) is 49.9 Å². The van der Waals surface area contributed by atoms with Crippen molar-refractivity contribution in [1.29, 1.82) is 5.41 Å². The second-order valence-electron chi connectivity index (χ2n) is 1.06. The van der Waals surface area contributed by atoms with Gasteiger partial charge in [0.05, 0.1) is 5.04 Å². The normalized spacial score (nSPS) is 7.75. The van der Waals surface area contributed by atoms with Crippen LogP contribution in [0.1, 0.15) is 6.92 Å². The molecule has 0 amide bonds. The van der Waals surface area contributed by atoms with Gasteiger partial charge < -0.3 is 5.73 Å². The van der Waals surface area contributed by atoms with Crippen LogP contribution in [-0.2, 0) is 0 Å². The number of thioether (sulfide) groups is 1. The summed E-state index contributed by atoms with van der Waals surface area (Å²) < 4.78 is 0. The predicted molar refractivity (Wildman–Crippen MR) is 45.2 cm³/mol. The molecule has 0 aliphatic carbocycles. The Kier molecular flexibility index (Phi) is 10.5. The van der Waals surface area contributed by atoms with Gasteiger partial charge in [-0.05, 0) is 5.75 Å². The fourth-order valence-corrected chi connectivity index (χ4v) is 0.699. The number of rotatable bonds is 2. The highest BCUT2D eigenvalue weighted by atomic mass is 79.9. The summed E-state index contributed by atoms with van der Waals surface area (Å²) in [4.78, 5) is 0. The molecular formula is C4H11BrN2S. The van der Waals surface area contributed by atoms with E-state index in [-0.39, 0.29) is 17.0 Å². The first kappa shape index (κ1) is 11.3. The summed E-state index contributed by atoms with van der Waals surface area (Å²) in [6, 6.07) is 0. The molecule has 0 saturated carbocycles. The summed E-state index contributed by atoms with van der Waals surface area (Å²) in [6.07, 6.45) is 0. The van der Waals surface area contributed by atoms with E-state index in [0.29, 0.717) is 11.6 Å². The fourth-order valence-electron chi connectivity index (χ4n) is 0.233. The van der Waals surface area contributed by atoms with Crippen molar-refractivity contribution in [3.05, 3.63) is 0 Å². The van der Waals surface area contributed by atoms with Crippen molar-refractivity contribution in [3.8, 4) is 0 Å². The molecule has 0 rings (SSSR count). The first-order chi connectivity index (χ1) is 3.31. The zero-order chi connectivity index (χ0) is 5.70. The van der Waals surface area contributed by atoms with Gasteiger partial charge in [-0.3, -0.25) is 5.41 Å². The fraction of sp³-hybridized carbons (Fsp3) is 0.750. The van der Waals surface area contributed by atoms with Crippen LogP contribution in [0.5, 0.6) is 0 Å². The third-order valence-electron chi connectivity index (χ3n) is 0.504. The monoisotopic (exact) mass is 198 g/mol. The smallest absolute Gasteiger partial charge is 0.0777 e. The van der Waals surface area contributed by atoms with Crippen LogP contribution in [-0.4, -0.2) is 17.3 Å². The van der Waals surface area contributed by atoms with Crippen molar-refractivity contribution >= 4 is 33.8 Å². The Balaban J connectivity index is 0. The number of nitrogens with two attached hydrogens (primary N) is 1. The van der Waals surface area contributed by atoms with Gasteiger partial charge in [0, 0.05) is 6.54 Å². The Hall–Kier alpha value is 0.460. The van der Waals surface area contributed by atoms with Crippen molar-refractivity contribution in [2.24, 2.45) is 5.73 Å². The van der Waals surface area contributed by atoms with Crippen LogP contribution in [0, 0.1) is 5.41 Å². The molecule has 0 aromatic rings. The van der Waals surface area contributed by atoms with Gasteiger partial charge in [-0.2, -0.15) is 0 Å². The van der Waals surface area contributed by atoms with Gasteiger partial charge in [0.2, 0.25) is 0 Å². The maximum atomic E-state index is 6.98. The average molecular weight is 199 g/mol. The maximum absolute atomic E-state index is 6.98. The van der Waals surface area contributed by atoms with E-state index >= 15 is 0 Å². The summed E-state index contributed by atoms with van der Waals surface area (Å²) in [5, 5.41) is 7.55. The predicted octanol–water partition coefficient (Wildman–Crippen LogP) is 1.25. The molecule has 4 heteroatoms. The van der Waals surface area contributed by atoms with E-state index in [9.17, 15) is 0 Å². The molecule has 3 N–H and O–H groups in total. The number of hydrogen-bond donors (Lipinski definition) is 2. The molecule has 0 spiro atoms. The van der Waals surface area contributed by atoms with E-state index in [2.05, 4.69) is 0 Å². The van der Waals surface area contributed by atoms with Crippen LogP contribution in [0.25, 0.3) is 0 Å². The molecule has 0 fully saturated rings. The third kappa shape index (κ3) is 6.46. The zero-order valence-electron chi connectivity index (χ0n) is 4.81. The summed E-state index contributed by atoms with van der Waals surface area (Å²) in [5.74, 6) is 0.954. The van der Waals surface area contributed by atoms with Gasteiger partial charge in [-0.25, -0.2) is 0 Å². The molecule has 0 aliphatic rings. The van der Waals surface area contributed by atoms with Crippen LogP contribution in [0.2, 0.25) is 0 Å². The molecular weight excluding hydrogens is 188 g/mol. The lowest BCUT2D eigenvalue weighted by Gasteiger charge is -1.91. The highest BCUT2D eigenvalue weighted by Gasteiger charge is 1.86. The maximum Gasteiger partial charge on any atom is 0.0777 e. The van der Waals surface area contributed by atoms with E-state index < -0.39 is 0 Å². The lowest BCUT2D eigenvalue weighted by molar-refractivity contribution is 1.30. The van der Waals surface area contributed by atoms with Crippen LogP contribution in [0.3, 0.4) is 0 Å². The molecule has 50 valence electrons. The molecule has 0 saturated heterocycles. The van der Waals surface area contributed by atoms with Gasteiger partial charge in [0.25, 0.3) is 0 Å². The standard InChI is InChI=1S/C4H10N2S.BrH/c1-2-7-4(6)3-5;/h6H,2-3,5H2,1H3;1H. The van der Waals surface area contributed by atoms with Crippen molar-refractivity contribution < 1.29 is 0 Å². The van der Waals surface area contributed by atoms with E-state index in [1.54, 1.807) is 0 Å². The van der Waals surface area contributed by atoms with Crippen molar-refractivity contribution in [3.63, 3.8) is 0 Å². The molecule has 0 aromatic heterocycles. The first-order valence-electron chi connectivity index (χ1n) is 2.21. The SMILES string of the molecule is Br.CCSC(=N)CN. The molecule has 8 heavy (non-hydrogen) atoms. The van der Waals surface area contributed by atoms with Crippen LogP contribution in [0.4, 0.5) is 0 Å². The van der Waals surface area contributed by atoms with E-state index in [0.717, 1.165) is 5.75 Å². The summed E-state index contributed by atoms with van der Waals surface area (Å²) in [7, 11) is 0. The molecule has 0 unspecified atom stereocenters. The van der Waals surface area contributed by atoms with Crippen LogP contribution in [0.15, 0.2) is 0 Å². The highest BCUT2D eigenvalue weighted by Crippen LogP contribution is 1.97. The Morgan fingerprint density at radius 1 is 1.75 bits per heavy atom. The van der Waals surface area contributed by atoms with E-state index in [4.69, 9.17) is 11.1 Å². The van der Waals surface area contributed by atoms with Crippen molar-refractivity contribution in [2.75, 3.05) is 12.3 Å². The van der Waals surface area contributed by atoms with Crippen LogP contribution < -0.4 is 5.73 Å².